The summed E-state index contributed by atoms with van der Waals surface area (Å²) in [6.07, 6.45) is 31.4. The minimum absolute atomic E-state index is 0.172. The summed E-state index contributed by atoms with van der Waals surface area (Å²) in [5.41, 5.74) is 13.7. The van der Waals surface area contributed by atoms with Gasteiger partial charge < -0.3 is 9.80 Å². The van der Waals surface area contributed by atoms with Crippen molar-refractivity contribution in [3.63, 3.8) is 0 Å². The number of anilines is 2. The van der Waals surface area contributed by atoms with Gasteiger partial charge in [-0.05, 0) is 132 Å². The average molecular weight is 721 g/mol. The quantitative estimate of drug-likeness (QED) is 0.183. The van der Waals surface area contributed by atoms with Crippen molar-refractivity contribution in [2.24, 2.45) is 0 Å². The second kappa shape index (κ2) is 17.3. The molecule has 0 bridgehead atoms. The molecule has 0 saturated carbocycles. The third kappa shape index (κ3) is 8.33. The molecule has 54 heavy (non-hydrogen) atoms. The third-order valence-corrected chi connectivity index (χ3v) is 11.2. The highest BCUT2D eigenvalue weighted by Gasteiger charge is 2.37. The van der Waals surface area contributed by atoms with Gasteiger partial charge in [-0.25, -0.2) is 0 Å². The minimum Gasteiger partial charge on any atom is -0.334 e. The van der Waals surface area contributed by atoms with Gasteiger partial charge in [-0.2, -0.15) is 0 Å². The Morgan fingerprint density at radius 2 is 1.57 bits per heavy atom. The van der Waals surface area contributed by atoms with Gasteiger partial charge >= 0.3 is 0 Å². The Balaban J connectivity index is 1.19. The zero-order valence-corrected chi connectivity index (χ0v) is 32.3. The molecule has 1 aromatic heterocycles. The van der Waals surface area contributed by atoms with Crippen LogP contribution >= 0.6 is 11.3 Å². The number of hydrogen-bond donors (Lipinski definition) is 0. The highest BCUT2D eigenvalue weighted by molar-refractivity contribution is 7.16. The summed E-state index contributed by atoms with van der Waals surface area (Å²) in [6.45, 7) is 10.8. The highest BCUT2D eigenvalue weighted by Crippen LogP contribution is 2.45. The number of benzene rings is 3. The minimum atomic E-state index is 0.172. The van der Waals surface area contributed by atoms with Crippen molar-refractivity contribution >= 4 is 32.8 Å². The molecule has 0 radical (unpaired) electrons. The molecule has 3 heteroatoms. The van der Waals surface area contributed by atoms with E-state index in [1.807, 2.05) is 0 Å². The molecule has 7 rings (SSSR count). The van der Waals surface area contributed by atoms with E-state index in [0.717, 1.165) is 30.5 Å². The van der Waals surface area contributed by atoms with Gasteiger partial charge in [0, 0.05) is 34.2 Å². The molecule has 1 aliphatic carbocycles. The van der Waals surface area contributed by atoms with E-state index in [1.165, 1.54) is 60.5 Å². The maximum atomic E-state index is 4.39. The van der Waals surface area contributed by atoms with E-state index in [9.17, 15) is 0 Å². The SMILES string of the molecule is C=C1/C=C\C=C/N(c2ccccc2)C=CC/C=C(/C2=CC3=C(CC2)N(c2ccc(-c4cccc(C)c5ccccc5sc4)cc2)C3/C=C\C=C/C)C=C1C. The van der Waals surface area contributed by atoms with Gasteiger partial charge in [-0.1, -0.05) is 134 Å². The number of aryl methyl sites for hydroxylation is 1. The maximum absolute atomic E-state index is 4.39. The lowest BCUT2D eigenvalue weighted by atomic mass is 9.80. The van der Waals surface area contributed by atoms with Crippen LogP contribution in [0, 0.1) is 6.92 Å². The van der Waals surface area contributed by atoms with E-state index in [-0.39, 0.29) is 6.04 Å². The molecule has 4 aromatic rings. The van der Waals surface area contributed by atoms with E-state index in [0.29, 0.717) is 0 Å². The first-order chi connectivity index (χ1) is 26.5. The van der Waals surface area contributed by atoms with E-state index in [4.69, 9.17) is 0 Å². The second-order valence-corrected chi connectivity index (χ2v) is 14.7. The summed E-state index contributed by atoms with van der Waals surface area (Å²) in [5, 5.41) is 3.57. The molecule has 0 amide bonds. The first kappa shape index (κ1) is 36.5. The molecule has 3 aromatic carbocycles. The summed E-state index contributed by atoms with van der Waals surface area (Å²) in [7, 11) is 0. The molecule has 3 heterocycles. The highest BCUT2D eigenvalue weighted by atomic mass is 32.1. The molecular weight excluding hydrogens is 673 g/mol. The van der Waals surface area contributed by atoms with Gasteiger partial charge in [0.25, 0.3) is 0 Å². The average Bonchev–Trinajstić information content (AvgIpc) is 3.28. The molecule has 0 fully saturated rings. The number of nitrogens with zero attached hydrogens (tertiary/aromatic N) is 2. The van der Waals surface area contributed by atoms with Gasteiger partial charge in [0.15, 0.2) is 0 Å². The number of hydrogen-bond acceptors (Lipinski definition) is 3. The zero-order chi connectivity index (χ0) is 37.3. The van der Waals surface area contributed by atoms with E-state index in [2.05, 4.69) is 219 Å². The Labute approximate surface area is 325 Å². The molecule has 1 unspecified atom stereocenters. The van der Waals surface area contributed by atoms with Gasteiger partial charge in [0.2, 0.25) is 0 Å². The predicted octanol–water partition coefficient (Wildman–Crippen LogP) is 14.2. The first-order valence-corrected chi connectivity index (χ1v) is 19.7. The van der Waals surface area contributed by atoms with Crippen LogP contribution < -0.4 is 9.80 Å². The summed E-state index contributed by atoms with van der Waals surface area (Å²) >= 11 is 1.79. The van der Waals surface area contributed by atoms with Gasteiger partial charge in [-0.15, -0.1) is 11.3 Å². The summed E-state index contributed by atoms with van der Waals surface area (Å²) in [6, 6.07) is 35.0. The summed E-state index contributed by atoms with van der Waals surface area (Å²) in [4.78, 5) is 4.69. The molecule has 0 saturated heterocycles. The topological polar surface area (TPSA) is 6.48 Å². The van der Waals surface area contributed by atoms with Crippen LogP contribution in [0.4, 0.5) is 11.4 Å². The van der Waals surface area contributed by atoms with Crippen molar-refractivity contribution in [1.29, 1.82) is 0 Å². The van der Waals surface area contributed by atoms with E-state index in [1.54, 1.807) is 11.3 Å². The van der Waals surface area contributed by atoms with E-state index >= 15 is 0 Å². The molecule has 1 atom stereocenters. The van der Waals surface area contributed by atoms with Crippen molar-refractivity contribution in [3.8, 4) is 11.1 Å². The van der Waals surface area contributed by atoms with Crippen LogP contribution in [0.15, 0.2) is 222 Å². The molecular formula is C51H48N2S. The fourth-order valence-corrected chi connectivity index (χ4v) is 8.16. The Hall–Kier alpha value is -5.90. The molecule has 2 aliphatic heterocycles. The van der Waals surface area contributed by atoms with Crippen molar-refractivity contribution in [2.75, 3.05) is 9.80 Å². The lowest BCUT2D eigenvalue weighted by Crippen LogP contribution is -2.46. The van der Waals surface area contributed by atoms with Crippen molar-refractivity contribution < 1.29 is 0 Å². The van der Waals surface area contributed by atoms with Gasteiger partial charge in [0.1, 0.15) is 0 Å². The molecule has 2 nitrogen and oxygen atoms in total. The lowest BCUT2D eigenvalue weighted by Gasteiger charge is -2.47. The fraction of sp³-hybridized carbons (Fsp3) is 0.137. The van der Waals surface area contributed by atoms with Crippen LogP contribution in [0.3, 0.4) is 0 Å². The van der Waals surface area contributed by atoms with Gasteiger partial charge in [-0.3, -0.25) is 0 Å². The van der Waals surface area contributed by atoms with Crippen molar-refractivity contribution in [1.82, 2.24) is 0 Å². The van der Waals surface area contributed by atoms with Crippen LogP contribution in [0.25, 0.3) is 21.2 Å². The number of allylic oxidation sites excluding steroid dienone is 14. The van der Waals surface area contributed by atoms with Crippen LogP contribution in [0.1, 0.15) is 38.7 Å². The molecule has 0 spiro atoms. The molecule has 268 valence electrons. The number of para-hydroxylation sites is 1. The van der Waals surface area contributed by atoms with Crippen LogP contribution in [-0.4, -0.2) is 6.04 Å². The molecule has 0 N–H and O–H groups in total. The fourth-order valence-electron chi connectivity index (χ4n) is 7.18. The van der Waals surface area contributed by atoms with Crippen LogP contribution in [0.5, 0.6) is 0 Å². The Kier molecular flexibility index (Phi) is 11.7. The van der Waals surface area contributed by atoms with Crippen molar-refractivity contribution in [3.05, 3.63) is 227 Å². The predicted molar refractivity (Wildman–Crippen MR) is 236 cm³/mol. The zero-order valence-electron chi connectivity index (χ0n) is 31.5. The summed E-state index contributed by atoms with van der Waals surface area (Å²) in [5.74, 6) is 0. The Morgan fingerprint density at radius 1 is 0.759 bits per heavy atom. The Bertz CT molecular complexity index is 2350. The monoisotopic (exact) mass is 720 g/mol. The standard InChI is InChI=1S/C51H48N2S/c1-5-6-8-25-49-48-36-43(42-20-14-16-34-52(45-22-9-7-10-23-45)33-15-13-18-38(2)40(4)35-42)29-32-50(48)53(49)46-30-27-41(28-31-46)44-21-17-19-39(3)47-24-11-12-26-51(47)54-37-44/h5-13,15-28,30-31,33-37,49H,2,14,29,32H2,1,3-4H3/b6-5-,18-13-,21-17?,25-8-,33-15-,34-16?,39-19?,40-35?,42-20+,44-37?. The van der Waals surface area contributed by atoms with Gasteiger partial charge in [0.05, 0.1) is 6.04 Å². The Morgan fingerprint density at radius 3 is 2.41 bits per heavy atom. The van der Waals surface area contributed by atoms with Crippen molar-refractivity contribution in [2.45, 2.75) is 46.1 Å². The van der Waals surface area contributed by atoms with E-state index < -0.39 is 0 Å². The maximum Gasteiger partial charge on any atom is 0.0792 e. The largest absolute Gasteiger partial charge is 0.334 e. The van der Waals surface area contributed by atoms with Crippen LogP contribution in [0.2, 0.25) is 0 Å². The molecule has 3 aliphatic rings. The first-order valence-electron chi connectivity index (χ1n) is 18.9. The normalized spacial score (nSPS) is 19.9. The lowest BCUT2D eigenvalue weighted by molar-refractivity contribution is 0.681. The smallest absolute Gasteiger partial charge is 0.0792 e. The summed E-state index contributed by atoms with van der Waals surface area (Å²) < 4.78 is 1.28. The third-order valence-electron chi connectivity index (χ3n) is 10.2. The number of fused-ring (bicyclic) bond motifs is 1. The van der Waals surface area contributed by atoms with Crippen LogP contribution in [-0.2, 0) is 0 Å². The number of rotatable bonds is 6. The second-order valence-electron chi connectivity index (χ2n) is 13.8.